The Kier molecular flexibility index (Phi) is 5.57. The summed E-state index contributed by atoms with van der Waals surface area (Å²) in [7, 11) is 0. The molecule has 38 heavy (non-hydrogen) atoms. The maximum absolute atomic E-state index is 13.2. The number of aromatic amines is 1. The zero-order valence-corrected chi connectivity index (χ0v) is 21.0. The van der Waals surface area contributed by atoms with Crippen molar-refractivity contribution in [3.05, 3.63) is 75.7 Å². The van der Waals surface area contributed by atoms with Gasteiger partial charge in [-0.25, -0.2) is 9.78 Å². The lowest BCUT2D eigenvalue weighted by molar-refractivity contribution is -0.149. The first-order valence-corrected chi connectivity index (χ1v) is 12.5. The molecule has 10 heteroatoms. The quantitative estimate of drug-likeness (QED) is 0.357. The Hall–Kier alpha value is -4.44. The molecule has 192 valence electrons. The fourth-order valence-electron chi connectivity index (χ4n) is 5.22. The number of likely N-dealkylation sites (tertiary alicyclic amines) is 1. The number of aromatic nitrogens is 5. The number of carbonyl (C=O) groups excluding carboxylic acids is 1. The van der Waals surface area contributed by atoms with E-state index in [1.165, 1.54) is 20.0 Å². The SMILES string of the molecule is CC(C)(O)C(=O)N1CCC(n2c(=O)[nH]c(=O)c3cnc4ccc(-c5cnc6ccccc6c5)nc4c32)CC1. The van der Waals surface area contributed by atoms with Crippen LogP contribution in [0.1, 0.15) is 32.7 Å². The summed E-state index contributed by atoms with van der Waals surface area (Å²) in [5, 5.41) is 11.4. The predicted molar refractivity (Wildman–Crippen MR) is 144 cm³/mol. The summed E-state index contributed by atoms with van der Waals surface area (Å²) >= 11 is 0. The third kappa shape index (κ3) is 4.03. The second kappa shape index (κ2) is 8.84. The number of hydrogen-bond donors (Lipinski definition) is 2. The van der Waals surface area contributed by atoms with Crippen molar-refractivity contribution in [2.75, 3.05) is 13.1 Å². The van der Waals surface area contributed by atoms with E-state index in [0.29, 0.717) is 48.2 Å². The van der Waals surface area contributed by atoms with Crippen LogP contribution in [0.2, 0.25) is 0 Å². The molecule has 1 aromatic carbocycles. The fraction of sp³-hybridized carbons (Fsp3) is 0.286. The van der Waals surface area contributed by atoms with Gasteiger partial charge in [0, 0.05) is 42.5 Å². The second-order valence-corrected chi connectivity index (χ2v) is 10.2. The Morgan fingerprint density at radius 3 is 2.53 bits per heavy atom. The molecule has 0 atom stereocenters. The van der Waals surface area contributed by atoms with Crippen LogP contribution in [-0.4, -0.2) is 59.1 Å². The first-order chi connectivity index (χ1) is 18.2. The number of nitrogens with zero attached hydrogens (tertiary/aromatic N) is 5. The summed E-state index contributed by atoms with van der Waals surface area (Å²) in [6, 6.07) is 13.2. The molecular weight excluding hydrogens is 484 g/mol. The molecule has 1 amide bonds. The highest BCUT2D eigenvalue weighted by molar-refractivity contribution is 6.01. The molecule has 0 aliphatic carbocycles. The minimum absolute atomic E-state index is 0.272. The van der Waals surface area contributed by atoms with Crippen LogP contribution in [0.15, 0.2) is 64.4 Å². The molecule has 2 N–H and O–H groups in total. The van der Waals surface area contributed by atoms with E-state index in [1.807, 2.05) is 42.5 Å². The van der Waals surface area contributed by atoms with Crippen molar-refractivity contribution in [1.82, 2.24) is 29.4 Å². The van der Waals surface area contributed by atoms with Gasteiger partial charge in [0.1, 0.15) is 11.1 Å². The third-order valence-electron chi connectivity index (χ3n) is 7.14. The van der Waals surface area contributed by atoms with Crippen LogP contribution in [0.3, 0.4) is 0 Å². The number of rotatable bonds is 3. The second-order valence-electron chi connectivity index (χ2n) is 10.2. The summed E-state index contributed by atoms with van der Waals surface area (Å²) < 4.78 is 1.59. The Balaban J connectivity index is 1.49. The molecule has 5 aromatic rings. The number of pyridine rings is 3. The molecule has 0 spiro atoms. The van der Waals surface area contributed by atoms with Gasteiger partial charge in [-0.15, -0.1) is 0 Å². The van der Waals surface area contributed by atoms with Gasteiger partial charge in [-0.05, 0) is 51.0 Å². The molecule has 0 bridgehead atoms. The van der Waals surface area contributed by atoms with Crippen molar-refractivity contribution in [1.29, 1.82) is 0 Å². The monoisotopic (exact) mass is 510 g/mol. The summed E-state index contributed by atoms with van der Waals surface area (Å²) in [5.41, 5.74) is 1.25. The largest absolute Gasteiger partial charge is 0.381 e. The van der Waals surface area contributed by atoms with Gasteiger partial charge in [0.05, 0.1) is 27.6 Å². The molecule has 10 nitrogen and oxygen atoms in total. The van der Waals surface area contributed by atoms with E-state index in [1.54, 1.807) is 15.7 Å². The molecule has 0 saturated carbocycles. The van der Waals surface area contributed by atoms with Crippen molar-refractivity contribution < 1.29 is 9.90 Å². The normalized spacial score (nSPS) is 15.0. The summed E-state index contributed by atoms with van der Waals surface area (Å²) in [5.74, 6) is -0.348. The van der Waals surface area contributed by atoms with Crippen molar-refractivity contribution >= 4 is 38.7 Å². The van der Waals surface area contributed by atoms with E-state index in [-0.39, 0.29) is 17.3 Å². The smallest absolute Gasteiger partial charge is 0.329 e. The van der Waals surface area contributed by atoms with Gasteiger partial charge in [-0.3, -0.25) is 29.1 Å². The molecule has 1 aliphatic heterocycles. The zero-order chi connectivity index (χ0) is 26.6. The van der Waals surface area contributed by atoms with Crippen molar-refractivity contribution in [3.8, 4) is 11.3 Å². The van der Waals surface area contributed by atoms with Crippen LogP contribution in [0, 0.1) is 0 Å². The van der Waals surface area contributed by atoms with Crippen LogP contribution in [0.25, 0.3) is 44.1 Å². The van der Waals surface area contributed by atoms with E-state index in [0.717, 1.165) is 16.5 Å². The van der Waals surface area contributed by atoms with Crippen molar-refractivity contribution in [3.63, 3.8) is 0 Å². The standard InChI is InChI=1S/C28H26N6O4/c1-28(2,38)26(36)33-11-9-18(10-12-33)34-24-19(25(35)32-27(34)37)15-30-22-8-7-21(31-23(22)24)17-13-16-5-3-4-6-20(16)29-14-17/h3-8,13-15,18,38H,9-12H2,1-2H3,(H,32,35,37). The Morgan fingerprint density at radius 2 is 1.76 bits per heavy atom. The number of nitrogens with one attached hydrogen (secondary N) is 1. The molecule has 0 radical (unpaired) electrons. The van der Waals surface area contributed by atoms with Crippen LogP contribution < -0.4 is 11.2 Å². The Morgan fingerprint density at radius 1 is 1.03 bits per heavy atom. The van der Waals surface area contributed by atoms with E-state index in [9.17, 15) is 19.5 Å². The zero-order valence-electron chi connectivity index (χ0n) is 21.0. The van der Waals surface area contributed by atoms with Gasteiger partial charge in [0.2, 0.25) is 0 Å². The first-order valence-electron chi connectivity index (χ1n) is 12.5. The molecule has 6 rings (SSSR count). The number of hydrogen-bond acceptors (Lipinski definition) is 7. The number of benzene rings is 1. The van der Waals surface area contributed by atoms with Gasteiger partial charge in [-0.2, -0.15) is 0 Å². The first kappa shape index (κ1) is 23.9. The number of H-pyrrole nitrogens is 1. The summed E-state index contributed by atoms with van der Waals surface area (Å²) in [6.07, 6.45) is 4.20. The fourth-order valence-corrected chi connectivity index (χ4v) is 5.22. The molecular formula is C28H26N6O4. The predicted octanol–water partition coefficient (Wildman–Crippen LogP) is 2.78. The van der Waals surface area contributed by atoms with Crippen molar-refractivity contribution in [2.45, 2.75) is 38.3 Å². The minimum Gasteiger partial charge on any atom is -0.381 e. The molecule has 1 saturated heterocycles. The van der Waals surface area contributed by atoms with Crippen LogP contribution >= 0.6 is 0 Å². The lowest BCUT2D eigenvalue weighted by Gasteiger charge is -2.36. The average molecular weight is 511 g/mol. The highest BCUT2D eigenvalue weighted by atomic mass is 16.3. The number of amides is 1. The van der Waals surface area contributed by atoms with Gasteiger partial charge >= 0.3 is 5.69 Å². The van der Waals surface area contributed by atoms with Crippen LogP contribution in [0.5, 0.6) is 0 Å². The highest BCUT2D eigenvalue weighted by Crippen LogP contribution is 2.30. The van der Waals surface area contributed by atoms with E-state index in [2.05, 4.69) is 15.0 Å². The molecule has 1 fully saturated rings. The van der Waals surface area contributed by atoms with E-state index in [4.69, 9.17) is 4.98 Å². The highest BCUT2D eigenvalue weighted by Gasteiger charge is 2.33. The molecule has 0 unspecified atom stereocenters. The van der Waals surface area contributed by atoms with Crippen LogP contribution in [0.4, 0.5) is 0 Å². The van der Waals surface area contributed by atoms with Gasteiger partial charge in [0.15, 0.2) is 0 Å². The summed E-state index contributed by atoms with van der Waals surface area (Å²) in [6.45, 7) is 3.69. The topological polar surface area (TPSA) is 134 Å². The third-order valence-corrected chi connectivity index (χ3v) is 7.14. The minimum atomic E-state index is -1.46. The number of para-hydroxylation sites is 1. The van der Waals surface area contributed by atoms with E-state index < -0.39 is 16.9 Å². The van der Waals surface area contributed by atoms with Crippen LogP contribution in [-0.2, 0) is 4.79 Å². The van der Waals surface area contributed by atoms with Gasteiger partial charge < -0.3 is 10.0 Å². The number of aliphatic hydroxyl groups is 1. The number of carbonyl (C=O) groups is 1. The lowest BCUT2D eigenvalue weighted by Crippen LogP contribution is -2.49. The Labute approximate surface area is 216 Å². The van der Waals surface area contributed by atoms with E-state index >= 15 is 0 Å². The van der Waals surface area contributed by atoms with Crippen molar-refractivity contribution in [2.24, 2.45) is 0 Å². The van der Waals surface area contributed by atoms with Gasteiger partial charge in [-0.1, -0.05) is 18.2 Å². The van der Waals surface area contributed by atoms with Gasteiger partial charge in [0.25, 0.3) is 11.5 Å². The molecule has 4 aromatic heterocycles. The maximum atomic E-state index is 13.2. The molecule has 5 heterocycles. The number of piperidine rings is 1. The maximum Gasteiger partial charge on any atom is 0.329 e. The Bertz CT molecular complexity index is 1840. The average Bonchev–Trinajstić information content (AvgIpc) is 2.91. The summed E-state index contributed by atoms with van der Waals surface area (Å²) in [4.78, 5) is 56.5. The molecule has 1 aliphatic rings. The lowest BCUT2D eigenvalue weighted by atomic mass is 10.0. The number of fused-ring (bicyclic) bond motifs is 4.